The van der Waals surface area contributed by atoms with Crippen LogP contribution in [0.3, 0.4) is 0 Å². The number of aromatic nitrogens is 2. The largest absolute Gasteiger partial charge is 0.495 e. The molecule has 1 aromatic heterocycles. The molecule has 0 amide bonds. The second-order valence-electron chi connectivity index (χ2n) is 6.25. The van der Waals surface area contributed by atoms with Crippen molar-refractivity contribution in [1.82, 2.24) is 9.97 Å². The molecule has 0 unspecified atom stereocenters. The zero-order valence-corrected chi connectivity index (χ0v) is 15.6. The SMILES string of the molecule is CNc1cc2c(NCc3cc(N)cc(C(F)(F)F)c3)nc(C)nc2cc1OC. The van der Waals surface area contributed by atoms with E-state index in [4.69, 9.17) is 10.5 Å². The third-order valence-electron chi connectivity index (χ3n) is 4.20. The summed E-state index contributed by atoms with van der Waals surface area (Å²) in [7, 11) is 3.32. The third kappa shape index (κ3) is 4.03. The lowest BCUT2D eigenvalue weighted by molar-refractivity contribution is -0.137. The smallest absolute Gasteiger partial charge is 0.416 e. The maximum Gasteiger partial charge on any atom is 0.416 e. The quantitative estimate of drug-likeness (QED) is 0.565. The van der Waals surface area contributed by atoms with Gasteiger partial charge in [-0.25, -0.2) is 9.97 Å². The van der Waals surface area contributed by atoms with E-state index in [9.17, 15) is 13.2 Å². The number of fused-ring (bicyclic) bond motifs is 1. The van der Waals surface area contributed by atoms with Crippen molar-refractivity contribution < 1.29 is 17.9 Å². The van der Waals surface area contributed by atoms with Gasteiger partial charge in [0.2, 0.25) is 0 Å². The molecule has 0 fully saturated rings. The summed E-state index contributed by atoms with van der Waals surface area (Å²) in [6.07, 6.45) is -4.46. The Labute approximate surface area is 159 Å². The lowest BCUT2D eigenvalue weighted by Crippen LogP contribution is -2.09. The maximum absolute atomic E-state index is 13.0. The molecule has 3 rings (SSSR count). The maximum atomic E-state index is 13.0. The molecule has 0 radical (unpaired) electrons. The number of rotatable bonds is 5. The fraction of sp³-hybridized carbons (Fsp3) is 0.263. The molecule has 4 N–H and O–H groups in total. The topological polar surface area (TPSA) is 85.1 Å². The zero-order valence-electron chi connectivity index (χ0n) is 15.6. The van der Waals surface area contributed by atoms with Gasteiger partial charge in [0.05, 0.1) is 23.9 Å². The Hall–Kier alpha value is -3.23. The zero-order chi connectivity index (χ0) is 20.5. The third-order valence-corrected chi connectivity index (χ3v) is 4.20. The molecule has 0 bridgehead atoms. The Morgan fingerprint density at radius 3 is 2.50 bits per heavy atom. The van der Waals surface area contributed by atoms with Gasteiger partial charge in [0, 0.05) is 30.7 Å². The van der Waals surface area contributed by atoms with E-state index >= 15 is 0 Å². The Kier molecular flexibility index (Phi) is 5.17. The number of hydrogen-bond acceptors (Lipinski definition) is 6. The van der Waals surface area contributed by atoms with Crippen molar-refractivity contribution in [2.24, 2.45) is 0 Å². The van der Waals surface area contributed by atoms with Gasteiger partial charge in [-0.15, -0.1) is 0 Å². The first-order chi connectivity index (χ1) is 13.2. The highest BCUT2D eigenvalue weighted by Gasteiger charge is 2.31. The number of nitrogen functional groups attached to an aromatic ring is 1. The van der Waals surface area contributed by atoms with Gasteiger partial charge in [-0.1, -0.05) is 0 Å². The number of nitrogens with two attached hydrogens (primary N) is 1. The molecule has 6 nitrogen and oxygen atoms in total. The fourth-order valence-corrected chi connectivity index (χ4v) is 2.94. The molecule has 0 spiro atoms. The minimum atomic E-state index is -4.46. The molecule has 0 atom stereocenters. The van der Waals surface area contributed by atoms with Gasteiger partial charge in [0.25, 0.3) is 0 Å². The number of nitrogens with one attached hydrogen (secondary N) is 2. The number of anilines is 3. The number of alkyl halides is 3. The molecule has 0 aliphatic heterocycles. The number of nitrogens with zero attached hydrogens (tertiary/aromatic N) is 2. The molecule has 3 aromatic rings. The molecular formula is C19H20F3N5O. The van der Waals surface area contributed by atoms with Crippen LogP contribution in [0, 0.1) is 6.92 Å². The molecule has 0 aliphatic rings. The van der Waals surface area contributed by atoms with Crippen LogP contribution >= 0.6 is 0 Å². The summed E-state index contributed by atoms with van der Waals surface area (Å²) in [4.78, 5) is 8.80. The van der Waals surface area contributed by atoms with E-state index in [-0.39, 0.29) is 12.2 Å². The summed E-state index contributed by atoms with van der Waals surface area (Å²) in [5.41, 5.74) is 6.71. The average molecular weight is 391 g/mol. The first kappa shape index (κ1) is 19.5. The molecule has 28 heavy (non-hydrogen) atoms. The summed E-state index contributed by atoms with van der Waals surface area (Å²) in [6.45, 7) is 1.87. The lowest BCUT2D eigenvalue weighted by Gasteiger charge is -2.14. The normalized spacial score (nSPS) is 11.5. The molecule has 0 saturated carbocycles. The van der Waals surface area contributed by atoms with Gasteiger partial charge in [0.1, 0.15) is 17.4 Å². The van der Waals surface area contributed by atoms with Crippen LogP contribution in [0.25, 0.3) is 10.9 Å². The average Bonchev–Trinajstić information content (AvgIpc) is 2.63. The number of ether oxygens (including phenoxy) is 1. The Bertz CT molecular complexity index is 1020. The van der Waals surface area contributed by atoms with Crippen LogP contribution in [0.4, 0.5) is 30.4 Å². The summed E-state index contributed by atoms with van der Waals surface area (Å²) in [5, 5.41) is 6.85. The van der Waals surface area contributed by atoms with E-state index in [0.29, 0.717) is 28.5 Å². The molecule has 148 valence electrons. The minimum absolute atomic E-state index is 0.0533. The van der Waals surface area contributed by atoms with Gasteiger partial charge in [-0.3, -0.25) is 0 Å². The summed E-state index contributed by atoms with van der Waals surface area (Å²) in [5.74, 6) is 1.67. The standard InChI is InChI=1S/C19H20F3N5O/c1-10-26-15-8-17(28-3)16(24-2)7-14(15)18(27-10)25-9-11-4-12(19(20,21)22)6-13(23)5-11/h4-8,24H,9,23H2,1-3H3,(H,25,26,27). The van der Waals surface area contributed by atoms with Crippen molar-refractivity contribution in [2.45, 2.75) is 19.6 Å². The molecule has 0 saturated heterocycles. The molecule has 9 heteroatoms. The van der Waals surface area contributed by atoms with Crippen LogP contribution in [0.1, 0.15) is 17.0 Å². The Morgan fingerprint density at radius 1 is 1.11 bits per heavy atom. The van der Waals surface area contributed by atoms with Crippen LogP contribution in [0.15, 0.2) is 30.3 Å². The van der Waals surface area contributed by atoms with E-state index in [1.807, 2.05) is 6.07 Å². The van der Waals surface area contributed by atoms with Crippen LogP contribution in [-0.2, 0) is 12.7 Å². The van der Waals surface area contributed by atoms with Crippen molar-refractivity contribution >= 4 is 28.1 Å². The van der Waals surface area contributed by atoms with Crippen LogP contribution in [0.2, 0.25) is 0 Å². The molecule has 0 aliphatic carbocycles. The second kappa shape index (κ2) is 7.41. The summed E-state index contributed by atoms with van der Waals surface area (Å²) >= 11 is 0. The van der Waals surface area contributed by atoms with Crippen LogP contribution in [0.5, 0.6) is 5.75 Å². The predicted molar refractivity (Wildman–Crippen MR) is 104 cm³/mol. The predicted octanol–water partition coefficient (Wildman–Crippen LogP) is 4.20. The van der Waals surface area contributed by atoms with Crippen LogP contribution < -0.4 is 21.1 Å². The number of benzene rings is 2. The van der Waals surface area contributed by atoms with E-state index < -0.39 is 11.7 Å². The van der Waals surface area contributed by atoms with Crippen LogP contribution in [-0.4, -0.2) is 24.1 Å². The van der Waals surface area contributed by atoms with Gasteiger partial charge in [-0.05, 0) is 36.8 Å². The fourth-order valence-electron chi connectivity index (χ4n) is 2.94. The van der Waals surface area contributed by atoms with Gasteiger partial charge in [0.15, 0.2) is 0 Å². The minimum Gasteiger partial charge on any atom is -0.495 e. The highest BCUT2D eigenvalue weighted by atomic mass is 19.4. The summed E-state index contributed by atoms with van der Waals surface area (Å²) < 4.78 is 44.4. The van der Waals surface area contributed by atoms with E-state index in [0.717, 1.165) is 23.2 Å². The van der Waals surface area contributed by atoms with Gasteiger partial charge >= 0.3 is 6.18 Å². The number of hydrogen-bond donors (Lipinski definition) is 3. The van der Waals surface area contributed by atoms with E-state index in [1.165, 1.54) is 6.07 Å². The number of methoxy groups -OCH3 is 1. The lowest BCUT2D eigenvalue weighted by atomic mass is 10.1. The molecular weight excluding hydrogens is 371 g/mol. The first-order valence-corrected chi connectivity index (χ1v) is 8.46. The van der Waals surface area contributed by atoms with Gasteiger partial charge < -0.3 is 21.1 Å². The van der Waals surface area contributed by atoms with E-state index in [2.05, 4.69) is 20.6 Å². The highest BCUT2D eigenvalue weighted by molar-refractivity contribution is 5.93. The van der Waals surface area contributed by atoms with Crippen molar-refractivity contribution in [3.63, 3.8) is 0 Å². The van der Waals surface area contributed by atoms with Gasteiger partial charge in [-0.2, -0.15) is 13.2 Å². The van der Waals surface area contributed by atoms with Crippen molar-refractivity contribution in [2.75, 3.05) is 30.5 Å². The first-order valence-electron chi connectivity index (χ1n) is 8.46. The monoisotopic (exact) mass is 391 g/mol. The van der Waals surface area contributed by atoms with Crippen molar-refractivity contribution in [1.29, 1.82) is 0 Å². The molecule has 2 aromatic carbocycles. The second-order valence-corrected chi connectivity index (χ2v) is 6.25. The Balaban J connectivity index is 1.98. The highest BCUT2D eigenvalue weighted by Crippen LogP contribution is 2.33. The Morgan fingerprint density at radius 2 is 1.86 bits per heavy atom. The number of halogens is 3. The van der Waals surface area contributed by atoms with Crippen molar-refractivity contribution in [3.8, 4) is 5.75 Å². The van der Waals surface area contributed by atoms with Crippen molar-refractivity contribution in [3.05, 3.63) is 47.3 Å². The molecule has 1 heterocycles. The summed E-state index contributed by atoms with van der Waals surface area (Å²) in [6, 6.07) is 7.10. The number of aryl methyl sites for hydroxylation is 1. The van der Waals surface area contributed by atoms with E-state index in [1.54, 1.807) is 27.1 Å².